The number of imide groups is 2. The molecular formula is C36H34N2O6. The summed E-state index contributed by atoms with van der Waals surface area (Å²) >= 11 is 0. The highest BCUT2D eigenvalue weighted by Gasteiger charge is 2.61. The van der Waals surface area contributed by atoms with E-state index < -0.39 is 29.6 Å². The number of benzene rings is 3. The molecule has 8 nitrogen and oxygen atoms in total. The van der Waals surface area contributed by atoms with Crippen molar-refractivity contribution in [3.63, 3.8) is 0 Å². The fourth-order valence-corrected chi connectivity index (χ4v) is 7.87. The lowest BCUT2D eigenvalue weighted by molar-refractivity contribution is -0.142. The number of carbonyl (C=O) groups excluding carboxylic acids is 4. The first-order valence-corrected chi connectivity index (χ1v) is 15.3. The van der Waals surface area contributed by atoms with Crippen LogP contribution in [0.15, 0.2) is 96.6 Å². The minimum atomic E-state index is -0.595. The van der Waals surface area contributed by atoms with Gasteiger partial charge in [-0.25, -0.2) is 0 Å². The molecule has 2 aliphatic carbocycles. The van der Waals surface area contributed by atoms with Gasteiger partial charge in [0, 0.05) is 5.92 Å². The molecule has 1 saturated carbocycles. The van der Waals surface area contributed by atoms with Crippen molar-refractivity contribution in [2.24, 2.45) is 29.6 Å². The summed E-state index contributed by atoms with van der Waals surface area (Å²) in [6.45, 7) is 0.485. The van der Waals surface area contributed by atoms with Gasteiger partial charge in [-0.2, -0.15) is 0 Å². The standard InChI is InChI=1S/C36H34N2O6/c39-17-18-44-25-13-11-24(12-14-25)30-26-15-16-27-31(35(42)37(33(27)40)20-22-7-3-1-4-8-22)28(26)19-29-32(30)36(43)38(34(29)41)21-23-9-5-2-6-10-23/h1-15,27-32,39H,16-21H2. The molecule has 4 amide bonds. The second-order valence-corrected chi connectivity index (χ2v) is 12.2. The second-order valence-electron chi connectivity index (χ2n) is 12.2. The molecule has 0 spiro atoms. The van der Waals surface area contributed by atoms with Crippen LogP contribution in [0.2, 0.25) is 0 Å². The summed E-state index contributed by atoms with van der Waals surface area (Å²) in [4.78, 5) is 58.5. The third-order valence-corrected chi connectivity index (χ3v) is 9.80. The highest BCUT2D eigenvalue weighted by atomic mass is 16.5. The predicted octanol–water partition coefficient (Wildman–Crippen LogP) is 4.09. The Labute approximate surface area is 255 Å². The van der Waals surface area contributed by atoms with Gasteiger partial charge in [0.25, 0.3) is 0 Å². The lowest BCUT2D eigenvalue weighted by Crippen LogP contribution is -2.43. The number of hydrogen-bond donors (Lipinski definition) is 1. The Kier molecular flexibility index (Phi) is 7.38. The number of hydrogen-bond acceptors (Lipinski definition) is 6. The summed E-state index contributed by atoms with van der Waals surface area (Å²) in [6.07, 6.45) is 2.85. The summed E-state index contributed by atoms with van der Waals surface area (Å²) in [5.74, 6) is -3.12. The fraction of sp³-hybridized carbons (Fsp3) is 0.333. The number of aliphatic hydroxyl groups excluding tert-OH is 1. The van der Waals surface area contributed by atoms with Crippen molar-refractivity contribution in [2.75, 3.05) is 13.2 Å². The molecule has 0 aromatic heterocycles. The van der Waals surface area contributed by atoms with Crippen LogP contribution in [0.25, 0.3) is 0 Å². The zero-order valence-electron chi connectivity index (χ0n) is 24.2. The Morgan fingerprint density at radius 2 is 1.23 bits per heavy atom. The molecule has 8 heteroatoms. The van der Waals surface area contributed by atoms with Gasteiger partial charge < -0.3 is 9.84 Å². The number of nitrogens with zero attached hydrogens (tertiary/aromatic N) is 2. The van der Waals surface area contributed by atoms with E-state index in [4.69, 9.17) is 9.84 Å². The van der Waals surface area contributed by atoms with E-state index in [2.05, 4.69) is 6.08 Å². The van der Waals surface area contributed by atoms with E-state index in [9.17, 15) is 19.2 Å². The lowest BCUT2D eigenvalue weighted by Gasteiger charge is -2.44. The molecule has 6 unspecified atom stereocenters. The van der Waals surface area contributed by atoms with Gasteiger partial charge in [0.15, 0.2) is 0 Å². The van der Waals surface area contributed by atoms with Crippen molar-refractivity contribution in [3.05, 3.63) is 113 Å². The molecule has 6 atom stereocenters. The number of allylic oxidation sites excluding steroid dienone is 2. The average molecular weight is 591 g/mol. The molecule has 3 fully saturated rings. The van der Waals surface area contributed by atoms with Crippen molar-refractivity contribution < 1.29 is 29.0 Å². The third-order valence-electron chi connectivity index (χ3n) is 9.80. The SMILES string of the molecule is O=C1C2CC=C3C(CC4C(=O)N(Cc5ccccc5)C(=O)C4C3c3ccc(OCCO)cc3)C2C(=O)N1Cc1ccccc1. The van der Waals surface area contributed by atoms with Gasteiger partial charge in [-0.3, -0.25) is 29.0 Å². The minimum Gasteiger partial charge on any atom is -0.491 e. The molecule has 3 aromatic carbocycles. The normalized spacial score (nSPS) is 27.6. The van der Waals surface area contributed by atoms with Gasteiger partial charge in [0.2, 0.25) is 23.6 Å². The number of ether oxygens (including phenoxy) is 1. The maximum absolute atomic E-state index is 14.1. The third kappa shape index (κ3) is 4.74. The monoisotopic (exact) mass is 590 g/mol. The Morgan fingerprint density at radius 3 is 1.82 bits per heavy atom. The van der Waals surface area contributed by atoms with Crippen molar-refractivity contribution in [2.45, 2.75) is 31.8 Å². The summed E-state index contributed by atoms with van der Waals surface area (Å²) < 4.78 is 5.57. The number of fused-ring (bicyclic) bond motifs is 4. The predicted molar refractivity (Wildman–Crippen MR) is 161 cm³/mol. The highest BCUT2D eigenvalue weighted by molar-refractivity contribution is 6.08. The second kappa shape index (κ2) is 11.5. The fourth-order valence-electron chi connectivity index (χ4n) is 7.87. The minimum absolute atomic E-state index is 0.104. The molecule has 2 saturated heterocycles. The molecule has 1 N–H and O–H groups in total. The number of likely N-dealkylation sites (tertiary alicyclic amines) is 2. The van der Waals surface area contributed by atoms with Crippen molar-refractivity contribution in [1.29, 1.82) is 0 Å². The molecular weight excluding hydrogens is 556 g/mol. The van der Waals surface area contributed by atoms with Crippen molar-refractivity contribution >= 4 is 23.6 Å². The summed E-state index contributed by atoms with van der Waals surface area (Å²) in [5, 5.41) is 9.16. The topological polar surface area (TPSA) is 104 Å². The molecule has 44 heavy (non-hydrogen) atoms. The summed E-state index contributed by atoms with van der Waals surface area (Å²) in [5.41, 5.74) is 3.60. The first kappa shape index (κ1) is 28.2. The van der Waals surface area contributed by atoms with E-state index in [-0.39, 0.29) is 55.8 Å². The van der Waals surface area contributed by atoms with E-state index in [0.29, 0.717) is 18.6 Å². The summed E-state index contributed by atoms with van der Waals surface area (Å²) in [7, 11) is 0. The first-order chi connectivity index (χ1) is 21.5. The van der Waals surface area contributed by atoms with Crippen LogP contribution >= 0.6 is 0 Å². The Morgan fingerprint density at radius 1 is 0.659 bits per heavy atom. The number of amides is 4. The van der Waals surface area contributed by atoms with E-state index >= 15 is 0 Å². The van der Waals surface area contributed by atoms with Crippen LogP contribution in [0.4, 0.5) is 0 Å². The average Bonchev–Trinajstić information content (AvgIpc) is 3.44. The van der Waals surface area contributed by atoms with E-state index in [1.165, 1.54) is 9.80 Å². The van der Waals surface area contributed by atoms with E-state index in [0.717, 1.165) is 22.3 Å². The molecule has 4 aliphatic rings. The van der Waals surface area contributed by atoms with Gasteiger partial charge in [0.05, 0.1) is 43.4 Å². The van der Waals surface area contributed by atoms with Crippen LogP contribution in [0.1, 0.15) is 35.4 Å². The molecule has 3 aromatic rings. The van der Waals surface area contributed by atoms with E-state index in [1.54, 1.807) is 0 Å². The van der Waals surface area contributed by atoms with Crippen LogP contribution in [0.3, 0.4) is 0 Å². The highest BCUT2D eigenvalue weighted by Crippen LogP contribution is 2.58. The van der Waals surface area contributed by atoms with Crippen LogP contribution in [-0.4, -0.2) is 51.7 Å². The molecule has 2 heterocycles. The number of rotatable bonds is 8. The summed E-state index contributed by atoms with van der Waals surface area (Å²) in [6, 6.07) is 26.4. The maximum atomic E-state index is 14.1. The molecule has 0 bridgehead atoms. The Balaban J connectivity index is 1.25. The van der Waals surface area contributed by atoms with Crippen LogP contribution in [-0.2, 0) is 32.3 Å². The van der Waals surface area contributed by atoms with Crippen molar-refractivity contribution in [1.82, 2.24) is 9.80 Å². The number of aliphatic hydroxyl groups is 1. The van der Waals surface area contributed by atoms with Gasteiger partial charge >= 0.3 is 0 Å². The van der Waals surface area contributed by atoms with Gasteiger partial charge in [0.1, 0.15) is 12.4 Å². The maximum Gasteiger partial charge on any atom is 0.234 e. The largest absolute Gasteiger partial charge is 0.491 e. The Bertz CT molecular complexity index is 1620. The van der Waals surface area contributed by atoms with Crippen LogP contribution in [0.5, 0.6) is 5.75 Å². The van der Waals surface area contributed by atoms with Crippen LogP contribution in [0, 0.1) is 29.6 Å². The molecule has 2 aliphatic heterocycles. The number of carbonyl (C=O) groups is 4. The zero-order chi connectivity index (χ0) is 30.4. The lowest BCUT2D eigenvalue weighted by atomic mass is 9.57. The first-order valence-electron chi connectivity index (χ1n) is 15.3. The van der Waals surface area contributed by atoms with Gasteiger partial charge in [-0.1, -0.05) is 84.4 Å². The Hall–Kier alpha value is -4.56. The zero-order valence-corrected chi connectivity index (χ0v) is 24.2. The van der Waals surface area contributed by atoms with Crippen LogP contribution < -0.4 is 4.74 Å². The molecule has 7 rings (SSSR count). The van der Waals surface area contributed by atoms with E-state index in [1.807, 2.05) is 84.9 Å². The van der Waals surface area contributed by atoms with Gasteiger partial charge in [-0.05, 0) is 47.6 Å². The molecule has 224 valence electrons. The van der Waals surface area contributed by atoms with Gasteiger partial charge in [-0.15, -0.1) is 0 Å². The van der Waals surface area contributed by atoms with Crippen molar-refractivity contribution in [3.8, 4) is 5.75 Å². The smallest absolute Gasteiger partial charge is 0.234 e. The molecule has 0 radical (unpaired) electrons. The quantitative estimate of drug-likeness (QED) is 0.313.